The fourth-order valence-electron chi connectivity index (χ4n) is 13.9. The molecule has 0 radical (unpaired) electrons. The molecule has 3 aromatic carbocycles. The van der Waals surface area contributed by atoms with E-state index >= 15 is 0 Å². The van der Waals surface area contributed by atoms with Crippen LogP contribution in [-0.4, -0.2) is 177 Å². The van der Waals surface area contributed by atoms with Crippen LogP contribution in [-0.2, 0) is 60.1 Å². The van der Waals surface area contributed by atoms with E-state index in [4.69, 9.17) is 29.4 Å². The average molecular weight is 1430 g/mol. The molecule has 6 atom stereocenters. The van der Waals surface area contributed by atoms with Gasteiger partial charge in [0.05, 0.1) is 72.2 Å². The number of hydrogen-bond acceptors (Lipinski definition) is 19. The first kappa shape index (κ1) is 75.9. The van der Waals surface area contributed by atoms with E-state index in [1.165, 1.54) is 64.0 Å². The molecule has 0 spiro atoms. The molecule has 1 aromatic heterocycles. The van der Waals surface area contributed by atoms with Gasteiger partial charge < -0.3 is 64.6 Å². The second kappa shape index (κ2) is 33.1. The van der Waals surface area contributed by atoms with Crippen molar-refractivity contribution >= 4 is 82.3 Å². The number of hydrogen-bond donors (Lipinski definition) is 5. The Morgan fingerprint density at radius 3 is 1.85 bits per heavy atom. The molecule has 2 saturated heterocycles. The maximum absolute atomic E-state index is 14.4. The van der Waals surface area contributed by atoms with Crippen LogP contribution >= 0.6 is 0 Å². The Labute approximate surface area is 601 Å². The van der Waals surface area contributed by atoms with Crippen molar-refractivity contribution in [1.82, 2.24) is 29.9 Å². The number of methoxy groups -OCH3 is 1. The lowest BCUT2D eigenvalue weighted by Gasteiger charge is -2.31. The van der Waals surface area contributed by atoms with Gasteiger partial charge in [-0.1, -0.05) is 68.8 Å². The fraction of sp³-hybridized carbons (Fsp3) is 0.447. The predicted octanol–water partition coefficient (Wildman–Crippen LogP) is 7.55. The van der Waals surface area contributed by atoms with Crippen molar-refractivity contribution in [3.05, 3.63) is 147 Å². The summed E-state index contributed by atoms with van der Waals surface area (Å²) in [5.41, 5.74) is 9.47. The molecule has 6 heterocycles. The highest BCUT2D eigenvalue weighted by Gasteiger charge is 2.48. The van der Waals surface area contributed by atoms with Crippen LogP contribution in [0, 0.1) is 18.8 Å². The average Bonchev–Trinajstić information content (AvgIpc) is 1.60. The van der Waals surface area contributed by atoms with Crippen LogP contribution < -0.4 is 40.4 Å². The number of fused-ring (bicyclic) bond motifs is 5. The highest BCUT2D eigenvalue weighted by atomic mass is 16.6. The quantitative estimate of drug-likeness (QED) is 0.0184. The number of anilines is 2. The molecule has 1 aliphatic carbocycles. The van der Waals surface area contributed by atoms with Crippen molar-refractivity contribution < 1.29 is 91.4 Å². The Kier molecular flexibility index (Phi) is 24.2. The summed E-state index contributed by atoms with van der Waals surface area (Å²) in [6, 6.07) is 10.7. The lowest BCUT2D eigenvalue weighted by atomic mass is 9.88. The molecular formula is C76H89N9O19. The molecule has 2 unspecified atom stereocenters. The van der Waals surface area contributed by atoms with Gasteiger partial charge in [0, 0.05) is 88.3 Å². The Morgan fingerprint density at radius 2 is 1.25 bits per heavy atom. The molecule has 10 rings (SSSR count). The monoisotopic (exact) mass is 1430 g/mol. The molecule has 28 heteroatoms. The molecule has 9 amide bonds. The third kappa shape index (κ3) is 17.0. The van der Waals surface area contributed by atoms with Crippen LogP contribution in [0.25, 0.3) is 0 Å². The number of benzene rings is 3. The van der Waals surface area contributed by atoms with Gasteiger partial charge in [0.1, 0.15) is 30.4 Å². The number of amides is 9. The van der Waals surface area contributed by atoms with Crippen LogP contribution in [0.1, 0.15) is 162 Å². The minimum atomic E-state index is -1.59. The van der Waals surface area contributed by atoms with Gasteiger partial charge >= 0.3 is 18.2 Å². The number of nitrogens with one attached hydrogen (secondary N) is 2. The highest BCUT2D eigenvalue weighted by molar-refractivity contribution is 6.24. The van der Waals surface area contributed by atoms with Crippen molar-refractivity contribution in [2.45, 2.75) is 155 Å². The molecule has 5 aliphatic heterocycles. The Balaban J connectivity index is 0.751. The minimum Gasteiger partial charge on any atom is -0.493 e. The lowest BCUT2D eigenvalue weighted by molar-refractivity contribution is -0.137. The summed E-state index contributed by atoms with van der Waals surface area (Å²) >= 11 is 0. The summed E-state index contributed by atoms with van der Waals surface area (Å²) in [4.78, 5) is 166. The maximum atomic E-state index is 14.4. The first-order chi connectivity index (χ1) is 49.6. The largest absolute Gasteiger partial charge is 0.493 e. The summed E-state index contributed by atoms with van der Waals surface area (Å²) in [6.45, 7) is 15.4. The topological polar surface area (TPSA) is 363 Å². The van der Waals surface area contributed by atoms with Crippen LogP contribution in [0.3, 0.4) is 0 Å². The fourth-order valence-corrected chi connectivity index (χ4v) is 13.9. The number of carbonyl (C=O) groups excluding carboxylic acids is 12. The van der Waals surface area contributed by atoms with E-state index in [0.29, 0.717) is 84.2 Å². The van der Waals surface area contributed by atoms with Gasteiger partial charge in [0.15, 0.2) is 35.5 Å². The normalized spacial score (nSPS) is 18.9. The number of unbranched alkanes of at least 4 members (excludes halogenated alkanes) is 4. The van der Waals surface area contributed by atoms with Gasteiger partial charge in [-0.3, -0.25) is 48.1 Å². The molecule has 552 valence electrons. The van der Waals surface area contributed by atoms with Gasteiger partial charge in [0.25, 0.3) is 23.6 Å². The van der Waals surface area contributed by atoms with E-state index < -0.39 is 79.0 Å². The molecular weight excluding hydrogens is 1340 g/mol. The Morgan fingerprint density at radius 1 is 0.683 bits per heavy atom. The summed E-state index contributed by atoms with van der Waals surface area (Å²) in [7, 11) is 2.98. The summed E-state index contributed by atoms with van der Waals surface area (Å²) in [5, 5.41) is 29.4. The number of primary amides is 1. The number of ether oxygens (including phenoxy) is 5. The number of rotatable bonds is 31. The number of ketones is 4. The first-order valence-corrected chi connectivity index (χ1v) is 34.9. The second-order valence-corrected chi connectivity index (χ2v) is 27.5. The lowest BCUT2D eigenvalue weighted by Crippen LogP contribution is -2.50. The number of imide groups is 1. The van der Waals surface area contributed by atoms with Gasteiger partial charge in [0.2, 0.25) is 11.7 Å². The summed E-state index contributed by atoms with van der Waals surface area (Å²) < 4.78 is 31.4. The molecule has 4 aromatic rings. The SMILES string of the molecule is C=C1C[C@H]2C(O)N(C(=O)OCc3ccc(CC(=O)[C@H](CCCNC(N)=O)NC(=O)[C@@H](CC(=O)CCCCCN4C(=O)C=CC4=O)C(C)C)cc3)c3cc(OCCCCCOc4cc5c(cc4OC)C(=O)N4CC(=C)C[C@H]4C(O)N5C(=O)OCc4cc5c(n4C)C(=O)C=C(C)C5=O)c(C)cc3C(=O)N2C1. The zero-order chi connectivity index (χ0) is 75.0. The smallest absolute Gasteiger partial charge is 0.416 e. The molecule has 28 nitrogen and oxygen atoms in total. The third-order valence-corrected chi connectivity index (χ3v) is 19.7. The number of aryl methyl sites for hydroxylation is 1. The number of carbonyl (C=O) groups is 12. The Hall–Kier alpha value is -10.7. The summed E-state index contributed by atoms with van der Waals surface area (Å²) in [5.74, 6) is -3.63. The van der Waals surface area contributed by atoms with Crippen LogP contribution in [0.2, 0.25) is 0 Å². The van der Waals surface area contributed by atoms with Gasteiger partial charge in [-0.05, 0) is 119 Å². The standard InChI is InChI=1S/C76H89N9O19/c1-42(2)51(34-50(86)16-11-9-12-25-81-65(89)22-23-66(81)90)69(92)79-55(17-15-24-78-74(77)97)60(87)32-47-18-20-48(21-19-47)40-103-75(98)84-56-36-62(45(5)30-52(56)70(93)82-38-43(3)28-58(82)72(84)95)101-26-13-10-14-27-102-64-37-57-53(35-63(64)100-8)71(94)83-39-44(4)29-59(83)73(96)85(57)76(99)104-41-49-33-54-67(80(49)7)61(88)31-46(6)68(54)91/h18-23,30-31,33,35-37,42,51,55,58-59,72-73,95-96H,3-4,9-17,24-29,32,34,38-41H2,1-2,5-8H3,(H,79,92)(H3,77,78,97)/t51-,55-,58-,59-,72?,73?/m0/s1. The molecule has 2 fully saturated rings. The molecule has 104 heavy (non-hydrogen) atoms. The third-order valence-electron chi connectivity index (χ3n) is 19.7. The summed E-state index contributed by atoms with van der Waals surface area (Å²) in [6.07, 6.45) is 2.62. The zero-order valence-electron chi connectivity index (χ0n) is 59.3. The van der Waals surface area contributed by atoms with E-state index in [9.17, 15) is 67.7 Å². The van der Waals surface area contributed by atoms with E-state index in [1.807, 2.05) is 13.8 Å². The molecule has 0 saturated carbocycles. The van der Waals surface area contributed by atoms with Crippen molar-refractivity contribution in [1.29, 1.82) is 0 Å². The minimum absolute atomic E-state index is 0.00390. The number of aromatic nitrogens is 1. The van der Waals surface area contributed by atoms with Crippen molar-refractivity contribution in [2.24, 2.45) is 24.6 Å². The van der Waals surface area contributed by atoms with Gasteiger partial charge in [-0.15, -0.1) is 0 Å². The second-order valence-electron chi connectivity index (χ2n) is 27.5. The van der Waals surface area contributed by atoms with Crippen LogP contribution in [0.5, 0.6) is 17.2 Å². The number of aliphatic hydroxyl groups is 2. The number of urea groups is 1. The number of allylic oxidation sites excluding steroid dienone is 2. The predicted molar refractivity (Wildman–Crippen MR) is 378 cm³/mol. The van der Waals surface area contributed by atoms with E-state index in [-0.39, 0.29) is 176 Å². The number of Topliss-reactive ketones (excluding diaryl/α,β-unsaturated/α-hetero) is 3. The van der Waals surface area contributed by atoms with Gasteiger partial charge in [-0.2, -0.15) is 0 Å². The maximum Gasteiger partial charge on any atom is 0.416 e. The van der Waals surface area contributed by atoms with Crippen molar-refractivity contribution in [2.75, 3.05) is 56.3 Å². The molecule has 6 aliphatic rings. The first-order valence-electron chi connectivity index (χ1n) is 34.9. The number of nitrogens with zero attached hydrogens (tertiary/aromatic N) is 6. The van der Waals surface area contributed by atoms with E-state index in [1.54, 1.807) is 51.2 Å². The number of nitrogens with two attached hydrogens (primary N) is 1. The number of aliphatic hydroxyl groups excluding tert-OH is 2. The highest BCUT2D eigenvalue weighted by Crippen LogP contribution is 2.44. The van der Waals surface area contributed by atoms with Crippen molar-refractivity contribution in [3.63, 3.8) is 0 Å². The molecule has 0 bridgehead atoms. The van der Waals surface area contributed by atoms with E-state index in [2.05, 4.69) is 23.8 Å². The molecule has 6 N–H and O–H groups in total. The Bertz CT molecular complexity index is 4170. The van der Waals surface area contributed by atoms with Gasteiger partial charge in [-0.25, -0.2) is 24.2 Å². The zero-order valence-corrected chi connectivity index (χ0v) is 59.3. The van der Waals surface area contributed by atoms with Crippen LogP contribution in [0.4, 0.5) is 25.8 Å². The van der Waals surface area contributed by atoms with E-state index in [0.717, 1.165) is 14.7 Å². The van der Waals surface area contributed by atoms with Crippen LogP contribution in [0.15, 0.2) is 103 Å². The van der Waals surface area contributed by atoms with Crippen molar-refractivity contribution in [3.8, 4) is 17.2 Å².